The Labute approximate surface area is 150 Å². The third kappa shape index (κ3) is 3.50. The molecule has 3 aromatic rings. The summed E-state index contributed by atoms with van der Waals surface area (Å²) in [4.78, 5) is 9.13. The first-order chi connectivity index (χ1) is 12.0. The first-order valence-corrected chi connectivity index (χ1v) is 10.8. The van der Waals surface area contributed by atoms with Crippen LogP contribution in [-0.4, -0.2) is 39.7 Å². The average molecular weight is 374 g/mol. The van der Waals surface area contributed by atoms with Gasteiger partial charge in [0.05, 0.1) is 23.1 Å². The van der Waals surface area contributed by atoms with Crippen LogP contribution in [0.1, 0.15) is 28.7 Å². The van der Waals surface area contributed by atoms with Gasteiger partial charge in [-0.2, -0.15) is 0 Å². The molecule has 1 saturated heterocycles. The molecule has 3 heterocycles. The molecule has 4 rings (SSSR count). The summed E-state index contributed by atoms with van der Waals surface area (Å²) < 4.78 is 25.6. The van der Waals surface area contributed by atoms with E-state index in [4.69, 9.17) is 0 Å². The summed E-state index contributed by atoms with van der Waals surface area (Å²) in [5, 5.41) is 7.53. The number of aromatic nitrogens is 4. The van der Waals surface area contributed by atoms with Crippen molar-refractivity contribution in [1.29, 1.82) is 0 Å². The number of hydrogen-bond donors (Lipinski definition) is 0. The minimum Gasteiger partial charge on any atom is -0.245 e. The lowest BCUT2D eigenvalue weighted by Crippen LogP contribution is -2.12. The van der Waals surface area contributed by atoms with Gasteiger partial charge < -0.3 is 0 Å². The van der Waals surface area contributed by atoms with Crippen LogP contribution >= 0.6 is 11.3 Å². The summed E-state index contributed by atoms with van der Waals surface area (Å²) in [5.74, 6) is 1.58. The molecule has 0 radical (unpaired) electrons. The lowest BCUT2D eigenvalue weighted by molar-refractivity contribution is 0.586. The molecule has 1 unspecified atom stereocenters. The summed E-state index contributed by atoms with van der Waals surface area (Å²) in [5.41, 5.74) is 1.85. The molecule has 6 nitrogen and oxygen atoms in total. The molecule has 1 aromatic carbocycles. The highest BCUT2D eigenvalue weighted by Crippen LogP contribution is 2.30. The molecule has 1 atom stereocenters. The van der Waals surface area contributed by atoms with Crippen LogP contribution in [0.2, 0.25) is 0 Å². The Morgan fingerprint density at radius 1 is 1.24 bits per heavy atom. The normalized spacial score (nSPS) is 19.3. The van der Waals surface area contributed by atoms with E-state index in [1.54, 1.807) is 11.3 Å². The topological polar surface area (TPSA) is 77.7 Å². The van der Waals surface area contributed by atoms with Crippen molar-refractivity contribution in [2.75, 3.05) is 11.5 Å². The molecule has 0 aliphatic carbocycles. The van der Waals surface area contributed by atoms with Crippen LogP contribution in [0.25, 0.3) is 11.5 Å². The largest absolute Gasteiger partial charge is 0.245 e. The smallest absolute Gasteiger partial charge is 0.200 e. The molecule has 8 heteroatoms. The van der Waals surface area contributed by atoms with Gasteiger partial charge in [0.1, 0.15) is 11.5 Å². The lowest BCUT2D eigenvalue weighted by Gasteiger charge is -2.10. The summed E-state index contributed by atoms with van der Waals surface area (Å²) in [6.45, 7) is 2.52. The van der Waals surface area contributed by atoms with E-state index in [0.717, 1.165) is 22.1 Å². The van der Waals surface area contributed by atoms with E-state index >= 15 is 0 Å². The van der Waals surface area contributed by atoms with Crippen molar-refractivity contribution in [2.24, 2.45) is 0 Å². The average Bonchev–Trinajstić information content (AvgIpc) is 3.27. The quantitative estimate of drug-likeness (QED) is 0.702. The van der Waals surface area contributed by atoms with Crippen molar-refractivity contribution in [3.63, 3.8) is 0 Å². The van der Waals surface area contributed by atoms with E-state index in [9.17, 15) is 8.42 Å². The number of hydrogen-bond acceptors (Lipinski definition) is 6. The van der Waals surface area contributed by atoms with Crippen LogP contribution in [0.15, 0.2) is 35.7 Å². The molecule has 25 heavy (non-hydrogen) atoms. The monoisotopic (exact) mass is 374 g/mol. The molecule has 1 fully saturated rings. The van der Waals surface area contributed by atoms with Gasteiger partial charge in [-0.15, -0.1) is 16.4 Å². The summed E-state index contributed by atoms with van der Waals surface area (Å²) in [6.07, 6.45) is 0.603. The van der Waals surface area contributed by atoms with Gasteiger partial charge in [0.2, 0.25) is 5.82 Å². The molecule has 0 saturated carbocycles. The van der Waals surface area contributed by atoms with Gasteiger partial charge in [0, 0.05) is 11.3 Å². The molecule has 0 amide bonds. The molecular formula is C17H18N4O2S2. The number of rotatable bonds is 4. The Hall–Kier alpha value is -2.06. The predicted molar refractivity (Wildman–Crippen MR) is 97.4 cm³/mol. The number of thiazole rings is 1. The maximum absolute atomic E-state index is 11.9. The van der Waals surface area contributed by atoms with Crippen molar-refractivity contribution in [3.8, 4) is 11.5 Å². The van der Waals surface area contributed by atoms with Gasteiger partial charge in [-0.1, -0.05) is 30.3 Å². The second-order valence-electron chi connectivity index (χ2n) is 6.29. The van der Waals surface area contributed by atoms with Crippen LogP contribution in [0, 0.1) is 6.92 Å². The third-order valence-electron chi connectivity index (χ3n) is 4.32. The fourth-order valence-corrected chi connectivity index (χ4v) is 5.43. The summed E-state index contributed by atoms with van der Waals surface area (Å²) >= 11 is 1.55. The Kier molecular flexibility index (Phi) is 4.16. The Morgan fingerprint density at radius 3 is 2.68 bits per heavy atom. The Balaban J connectivity index is 1.73. The third-order valence-corrected chi connectivity index (χ3v) is 6.86. The predicted octanol–water partition coefficient (Wildman–Crippen LogP) is 2.66. The minimum atomic E-state index is -2.98. The highest BCUT2D eigenvalue weighted by molar-refractivity contribution is 7.91. The second-order valence-corrected chi connectivity index (χ2v) is 9.58. The molecule has 1 aliphatic rings. The van der Waals surface area contributed by atoms with Crippen molar-refractivity contribution >= 4 is 21.2 Å². The van der Waals surface area contributed by atoms with Crippen LogP contribution in [0.3, 0.4) is 0 Å². The van der Waals surface area contributed by atoms with Crippen molar-refractivity contribution < 1.29 is 8.42 Å². The molecule has 0 bridgehead atoms. The number of benzene rings is 1. The standard InChI is InChI=1S/C17H18N4O2S2/c1-12-18-15(10-24-12)16-19-17(14-7-8-25(22,23)11-14)21(20-16)9-13-5-3-2-4-6-13/h2-6,10,14H,7-9,11H2,1H3. The van der Waals surface area contributed by atoms with Gasteiger partial charge >= 0.3 is 0 Å². The lowest BCUT2D eigenvalue weighted by atomic mass is 10.1. The maximum Gasteiger partial charge on any atom is 0.200 e. The first kappa shape index (κ1) is 16.4. The minimum absolute atomic E-state index is 0.102. The van der Waals surface area contributed by atoms with Gasteiger partial charge in [0.25, 0.3) is 0 Å². The Morgan fingerprint density at radius 2 is 2.04 bits per heavy atom. The second kappa shape index (κ2) is 6.34. The van der Waals surface area contributed by atoms with Crippen molar-refractivity contribution in [2.45, 2.75) is 25.8 Å². The van der Waals surface area contributed by atoms with Crippen LogP contribution < -0.4 is 0 Å². The Bertz CT molecular complexity index is 993. The van der Waals surface area contributed by atoms with Crippen molar-refractivity contribution in [1.82, 2.24) is 19.7 Å². The molecule has 2 aromatic heterocycles. The van der Waals surface area contributed by atoms with E-state index < -0.39 is 9.84 Å². The number of sulfone groups is 1. The molecular weight excluding hydrogens is 356 g/mol. The van der Waals surface area contributed by atoms with Crippen molar-refractivity contribution in [3.05, 3.63) is 52.1 Å². The van der Waals surface area contributed by atoms with Crippen LogP contribution in [0.4, 0.5) is 0 Å². The van der Waals surface area contributed by atoms with Gasteiger partial charge in [-0.25, -0.2) is 23.1 Å². The van der Waals surface area contributed by atoms with E-state index in [1.165, 1.54) is 0 Å². The summed E-state index contributed by atoms with van der Waals surface area (Å²) in [7, 11) is -2.98. The zero-order valence-electron chi connectivity index (χ0n) is 13.8. The van der Waals surface area contributed by atoms with E-state index in [1.807, 2.05) is 47.3 Å². The maximum atomic E-state index is 11.9. The first-order valence-electron chi connectivity index (χ1n) is 8.12. The van der Waals surface area contributed by atoms with E-state index in [0.29, 0.717) is 18.8 Å². The van der Waals surface area contributed by atoms with Gasteiger partial charge in [-0.05, 0) is 18.9 Å². The fraction of sp³-hybridized carbons (Fsp3) is 0.353. The SMILES string of the molecule is Cc1nc(-c2nc(C3CCS(=O)(=O)C3)n(Cc3ccccc3)n2)cs1. The molecule has 130 valence electrons. The molecule has 1 aliphatic heterocycles. The van der Waals surface area contributed by atoms with E-state index in [-0.39, 0.29) is 17.4 Å². The highest BCUT2D eigenvalue weighted by Gasteiger charge is 2.33. The van der Waals surface area contributed by atoms with Gasteiger partial charge in [0.15, 0.2) is 9.84 Å². The number of nitrogens with zero attached hydrogens (tertiary/aromatic N) is 4. The van der Waals surface area contributed by atoms with Crippen LogP contribution in [0.5, 0.6) is 0 Å². The zero-order chi connectivity index (χ0) is 17.4. The summed E-state index contributed by atoms with van der Waals surface area (Å²) in [6, 6.07) is 10.00. The van der Waals surface area contributed by atoms with Crippen LogP contribution in [-0.2, 0) is 16.4 Å². The van der Waals surface area contributed by atoms with Gasteiger partial charge in [-0.3, -0.25) is 0 Å². The van der Waals surface area contributed by atoms with E-state index in [2.05, 4.69) is 15.1 Å². The molecule has 0 spiro atoms. The highest BCUT2D eigenvalue weighted by atomic mass is 32.2. The molecule has 0 N–H and O–H groups in total. The number of aryl methyl sites for hydroxylation is 1. The zero-order valence-corrected chi connectivity index (χ0v) is 15.4. The fourth-order valence-electron chi connectivity index (χ4n) is 3.10.